The summed E-state index contributed by atoms with van der Waals surface area (Å²) in [6.07, 6.45) is 8.70. The van der Waals surface area contributed by atoms with E-state index in [2.05, 4.69) is 39.9 Å². The van der Waals surface area contributed by atoms with Crippen molar-refractivity contribution < 1.29 is 0 Å². The van der Waals surface area contributed by atoms with E-state index in [1.807, 2.05) is 4.68 Å². The van der Waals surface area contributed by atoms with Crippen LogP contribution < -0.4 is 0 Å². The molecule has 1 saturated heterocycles. The fourth-order valence-corrected chi connectivity index (χ4v) is 4.34. The smallest absolute Gasteiger partial charge is 0.0739 e. The lowest BCUT2D eigenvalue weighted by atomic mass is 9.77. The van der Waals surface area contributed by atoms with E-state index in [1.165, 1.54) is 61.8 Å². The summed E-state index contributed by atoms with van der Waals surface area (Å²) in [5.41, 5.74) is 3.14. The first-order valence-electron chi connectivity index (χ1n) is 7.50. The van der Waals surface area contributed by atoms with Crippen molar-refractivity contribution in [3.8, 4) is 0 Å². The second-order valence-corrected chi connectivity index (χ2v) is 7.25. The predicted molar refractivity (Wildman–Crippen MR) is 81.1 cm³/mol. The molecule has 0 unspecified atom stereocenters. The fraction of sp³-hybridized carbons (Fsp3) is 0.800. The molecule has 3 rings (SSSR count). The summed E-state index contributed by atoms with van der Waals surface area (Å²) in [7, 11) is 2.05. The normalized spacial score (nSPS) is 23.3. The summed E-state index contributed by atoms with van der Waals surface area (Å²) < 4.78 is 3.22. The van der Waals surface area contributed by atoms with E-state index in [0.29, 0.717) is 0 Å². The molecule has 1 aliphatic heterocycles. The molecular weight excluding hydrogens is 302 g/mol. The molecule has 1 aliphatic carbocycles. The lowest BCUT2D eigenvalue weighted by Gasteiger charge is -2.39. The third kappa shape index (κ3) is 2.62. The average molecular weight is 326 g/mol. The van der Waals surface area contributed by atoms with Gasteiger partial charge in [-0.15, -0.1) is 0 Å². The van der Waals surface area contributed by atoms with Crippen LogP contribution in [0.15, 0.2) is 4.47 Å². The minimum atomic E-state index is 0.718. The van der Waals surface area contributed by atoms with Gasteiger partial charge >= 0.3 is 0 Å². The SMILES string of the molecule is Cc1nn(C)c(CN2CCC3(CCCC3)CC2)c1Br. The minimum absolute atomic E-state index is 0.718. The third-order valence-electron chi connectivity index (χ3n) is 5.22. The molecule has 2 fully saturated rings. The molecule has 1 saturated carbocycles. The van der Waals surface area contributed by atoms with Gasteiger partial charge in [-0.2, -0.15) is 5.10 Å². The molecule has 106 valence electrons. The number of nitrogens with zero attached hydrogens (tertiary/aromatic N) is 3. The zero-order valence-electron chi connectivity index (χ0n) is 12.1. The van der Waals surface area contributed by atoms with Crippen LogP contribution in [0, 0.1) is 12.3 Å². The van der Waals surface area contributed by atoms with Crippen LogP contribution in [0.4, 0.5) is 0 Å². The fourth-order valence-electron chi connectivity index (χ4n) is 3.87. The molecule has 0 aromatic carbocycles. The Morgan fingerprint density at radius 3 is 2.32 bits per heavy atom. The summed E-state index contributed by atoms with van der Waals surface area (Å²) in [6, 6.07) is 0. The van der Waals surface area contributed by atoms with E-state index in [4.69, 9.17) is 0 Å². The van der Waals surface area contributed by atoms with Gasteiger partial charge in [-0.3, -0.25) is 9.58 Å². The minimum Gasteiger partial charge on any atom is -0.297 e. The van der Waals surface area contributed by atoms with Gasteiger partial charge in [0.1, 0.15) is 0 Å². The Hall–Kier alpha value is -0.350. The summed E-state index contributed by atoms with van der Waals surface area (Å²) in [5.74, 6) is 0. The lowest BCUT2D eigenvalue weighted by Crippen LogP contribution is -2.38. The largest absolute Gasteiger partial charge is 0.297 e. The molecule has 1 spiro atoms. The van der Waals surface area contributed by atoms with Gasteiger partial charge < -0.3 is 0 Å². The number of aryl methyl sites for hydroxylation is 2. The molecular formula is C15H24BrN3. The van der Waals surface area contributed by atoms with Gasteiger partial charge in [0.25, 0.3) is 0 Å². The van der Waals surface area contributed by atoms with Crippen molar-refractivity contribution in [1.29, 1.82) is 0 Å². The molecule has 0 N–H and O–H groups in total. The van der Waals surface area contributed by atoms with E-state index in [0.717, 1.165) is 17.7 Å². The second-order valence-electron chi connectivity index (χ2n) is 6.45. The van der Waals surface area contributed by atoms with Crippen LogP contribution in [0.2, 0.25) is 0 Å². The molecule has 0 bridgehead atoms. The van der Waals surface area contributed by atoms with E-state index >= 15 is 0 Å². The maximum absolute atomic E-state index is 4.49. The highest BCUT2D eigenvalue weighted by molar-refractivity contribution is 9.10. The molecule has 4 heteroatoms. The van der Waals surface area contributed by atoms with Crippen LogP contribution in [-0.4, -0.2) is 27.8 Å². The topological polar surface area (TPSA) is 21.1 Å². The number of aromatic nitrogens is 2. The molecule has 3 nitrogen and oxygen atoms in total. The van der Waals surface area contributed by atoms with Crippen molar-refractivity contribution in [3.63, 3.8) is 0 Å². The van der Waals surface area contributed by atoms with Gasteiger partial charge in [-0.05, 0) is 67.0 Å². The number of halogens is 1. The number of piperidine rings is 1. The Bertz CT molecular complexity index is 450. The van der Waals surface area contributed by atoms with Gasteiger partial charge in [0, 0.05) is 13.6 Å². The first-order chi connectivity index (χ1) is 9.10. The maximum atomic E-state index is 4.49. The van der Waals surface area contributed by atoms with Gasteiger partial charge in [0.05, 0.1) is 15.9 Å². The van der Waals surface area contributed by atoms with E-state index in [9.17, 15) is 0 Å². The Morgan fingerprint density at radius 2 is 1.79 bits per heavy atom. The molecule has 0 atom stereocenters. The van der Waals surface area contributed by atoms with Crippen molar-refractivity contribution >= 4 is 15.9 Å². The van der Waals surface area contributed by atoms with Crippen LogP contribution in [0.1, 0.15) is 49.9 Å². The maximum Gasteiger partial charge on any atom is 0.0739 e. The Kier molecular flexibility index (Phi) is 3.73. The number of hydrogen-bond donors (Lipinski definition) is 0. The van der Waals surface area contributed by atoms with Crippen molar-refractivity contribution in [2.45, 2.75) is 52.0 Å². The van der Waals surface area contributed by atoms with Crippen LogP contribution in [0.25, 0.3) is 0 Å². The summed E-state index contributed by atoms with van der Waals surface area (Å²) >= 11 is 3.68. The number of likely N-dealkylation sites (tertiary alicyclic amines) is 1. The molecule has 0 radical (unpaired) electrons. The zero-order valence-corrected chi connectivity index (χ0v) is 13.7. The second kappa shape index (κ2) is 5.21. The Morgan fingerprint density at radius 1 is 1.16 bits per heavy atom. The van der Waals surface area contributed by atoms with Gasteiger partial charge in [-0.25, -0.2) is 0 Å². The van der Waals surface area contributed by atoms with Crippen LogP contribution >= 0.6 is 15.9 Å². The van der Waals surface area contributed by atoms with Crippen molar-refractivity contribution in [2.75, 3.05) is 13.1 Å². The van der Waals surface area contributed by atoms with Crippen LogP contribution in [-0.2, 0) is 13.6 Å². The molecule has 1 aromatic rings. The standard InChI is InChI=1S/C15H24BrN3/c1-12-14(16)13(18(2)17-12)11-19-9-7-15(8-10-19)5-3-4-6-15/h3-11H2,1-2H3. The molecule has 1 aromatic heterocycles. The van der Waals surface area contributed by atoms with Crippen LogP contribution in [0.5, 0.6) is 0 Å². The van der Waals surface area contributed by atoms with E-state index in [-0.39, 0.29) is 0 Å². The summed E-state index contributed by atoms with van der Waals surface area (Å²) in [4.78, 5) is 2.60. The first-order valence-corrected chi connectivity index (χ1v) is 8.29. The Balaban J connectivity index is 1.63. The average Bonchev–Trinajstić information content (AvgIpc) is 2.94. The van der Waals surface area contributed by atoms with Crippen LogP contribution in [0.3, 0.4) is 0 Å². The Labute approximate surface area is 124 Å². The monoisotopic (exact) mass is 325 g/mol. The number of hydrogen-bond acceptors (Lipinski definition) is 2. The van der Waals surface area contributed by atoms with Gasteiger partial charge in [-0.1, -0.05) is 12.8 Å². The summed E-state index contributed by atoms with van der Waals surface area (Å²) in [5, 5.41) is 4.49. The first kappa shape index (κ1) is 13.6. The van der Waals surface area contributed by atoms with Gasteiger partial charge in [0.2, 0.25) is 0 Å². The molecule has 0 amide bonds. The van der Waals surface area contributed by atoms with E-state index in [1.54, 1.807) is 0 Å². The third-order valence-corrected chi connectivity index (χ3v) is 6.25. The van der Waals surface area contributed by atoms with Crippen molar-refractivity contribution in [1.82, 2.24) is 14.7 Å². The zero-order chi connectivity index (χ0) is 13.5. The number of rotatable bonds is 2. The van der Waals surface area contributed by atoms with E-state index < -0.39 is 0 Å². The molecule has 2 aliphatic rings. The molecule has 2 heterocycles. The lowest BCUT2D eigenvalue weighted by molar-refractivity contribution is 0.101. The highest BCUT2D eigenvalue weighted by Gasteiger charge is 2.37. The van der Waals surface area contributed by atoms with Crippen molar-refractivity contribution in [2.24, 2.45) is 12.5 Å². The highest BCUT2D eigenvalue weighted by atomic mass is 79.9. The molecule has 19 heavy (non-hydrogen) atoms. The summed E-state index contributed by atoms with van der Waals surface area (Å²) in [6.45, 7) is 5.62. The highest BCUT2D eigenvalue weighted by Crippen LogP contribution is 2.46. The van der Waals surface area contributed by atoms with Crippen molar-refractivity contribution in [3.05, 3.63) is 15.9 Å². The van der Waals surface area contributed by atoms with Gasteiger partial charge in [0.15, 0.2) is 0 Å². The predicted octanol–water partition coefficient (Wildman–Crippen LogP) is 3.65. The quantitative estimate of drug-likeness (QED) is 0.827.